The van der Waals surface area contributed by atoms with E-state index < -0.39 is 0 Å². The molecule has 0 amide bonds. The summed E-state index contributed by atoms with van der Waals surface area (Å²) in [5, 5.41) is 0. The highest BCUT2D eigenvalue weighted by atomic mass is 16.7. The molecule has 1 aliphatic heterocycles. The second kappa shape index (κ2) is 4.19. The highest BCUT2D eigenvalue weighted by Gasteiger charge is 2.49. The average molecular weight is 222 g/mol. The van der Waals surface area contributed by atoms with Gasteiger partial charge in [-0.1, -0.05) is 24.9 Å². The van der Waals surface area contributed by atoms with Gasteiger partial charge in [-0.25, -0.2) is 0 Å². The largest absolute Gasteiger partial charge is 0.486 e. The Morgan fingerprint density at radius 3 is 2.19 bits per heavy atom. The van der Waals surface area contributed by atoms with Gasteiger partial charge in [-0.3, -0.25) is 0 Å². The van der Waals surface area contributed by atoms with Crippen LogP contribution in [0.5, 0.6) is 0 Å². The molecular formula is C13H23BO2. The first-order valence-electron chi connectivity index (χ1n) is 6.43. The van der Waals surface area contributed by atoms with Crippen LogP contribution in [0.3, 0.4) is 0 Å². The molecule has 2 fully saturated rings. The van der Waals surface area contributed by atoms with E-state index in [1.807, 2.05) is 0 Å². The summed E-state index contributed by atoms with van der Waals surface area (Å²) in [5.41, 5.74) is -0.420. The number of hydrogen-bond donors (Lipinski definition) is 0. The van der Waals surface area contributed by atoms with E-state index in [-0.39, 0.29) is 18.3 Å². The van der Waals surface area contributed by atoms with Gasteiger partial charge in [0.05, 0.1) is 11.2 Å². The highest BCUT2D eigenvalue weighted by molar-refractivity contribution is 6.51. The minimum Gasteiger partial charge on any atom is -0.400 e. The molecule has 16 heavy (non-hydrogen) atoms. The van der Waals surface area contributed by atoms with Gasteiger partial charge in [0.15, 0.2) is 0 Å². The average Bonchev–Trinajstić information content (AvgIpc) is 2.90. The topological polar surface area (TPSA) is 18.5 Å². The third kappa shape index (κ3) is 2.69. The number of allylic oxidation sites excluding steroid dienone is 1. The summed E-state index contributed by atoms with van der Waals surface area (Å²) in [6.45, 7) is 8.35. The van der Waals surface area contributed by atoms with Crippen molar-refractivity contribution in [2.75, 3.05) is 0 Å². The monoisotopic (exact) mass is 222 g/mol. The molecule has 3 heteroatoms. The summed E-state index contributed by atoms with van der Waals surface area (Å²) in [5.74, 6) is 3.07. The van der Waals surface area contributed by atoms with Crippen LogP contribution in [0.1, 0.15) is 53.4 Å². The zero-order chi connectivity index (χ0) is 11.8. The lowest BCUT2D eigenvalue weighted by atomic mass is 9.89. The fourth-order valence-corrected chi connectivity index (χ4v) is 1.91. The van der Waals surface area contributed by atoms with Crippen molar-refractivity contribution in [3.8, 4) is 0 Å². The Hall–Kier alpha value is -0.275. The predicted octanol–water partition coefficient (Wildman–Crippen LogP) is 3.36. The third-order valence-electron chi connectivity index (χ3n) is 4.00. The minimum atomic E-state index is -0.210. The summed E-state index contributed by atoms with van der Waals surface area (Å²) in [6.07, 6.45) is 7.57. The molecule has 0 spiro atoms. The second-order valence-corrected chi connectivity index (χ2v) is 6.07. The van der Waals surface area contributed by atoms with Crippen LogP contribution in [-0.4, -0.2) is 18.3 Å². The van der Waals surface area contributed by atoms with Gasteiger partial charge in [0, 0.05) is 0 Å². The van der Waals surface area contributed by atoms with Crippen LogP contribution in [0.2, 0.25) is 0 Å². The van der Waals surface area contributed by atoms with Crippen LogP contribution in [0.15, 0.2) is 12.1 Å². The molecule has 90 valence electrons. The van der Waals surface area contributed by atoms with E-state index in [1.165, 1.54) is 19.3 Å². The van der Waals surface area contributed by atoms with Crippen molar-refractivity contribution < 1.29 is 9.31 Å². The lowest BCUT2D eigenvalue weighted by Crippen LogP contribution is -2.41. The van der Waals surface area contributed by atoms with E-state index in [1.54, 1.807) is 0 Å². The second-order valence-electron chi connectivity index (χ2n) is 6.07. The van der Waals surface area contributed by atoms with E-state index in [0.717, 1.165) is 12.3 Å². The molecule has 0 unspecified atom stereocenters. The van der Waals surface area contributed by atoms with Gasteiger partial charge in [0.2, 0.25) is 0 Å². The molecule has 2 nitrogen and oxygen atoms in total. The first kappa shape index (κ1) is 12.2. The Bertz CT molecular complexity index is 264. The van der Waals surface area contributed by atoms with Crippen LogP contribution < -0.4 is 0 Å². The van der Waals surface area contributed by atoms with Gasteiger partial charge in [-0.15, -0.1) is 0 Å². The van der Waals surface area contributed by atoms with Crippen molar-refractivity contribution >= 4 is 7.12 Å². The number of hydrogen-bond acceptors (Lipinski definition) is 2. The molecule has 1 saturated heterocycles. The van der Waals surface area contributed by atoms with Crippen molar-refractivity contribution in [3.63, 3.8) is 0 Å². The minimum absolute atomic E-state index is 0.163. The Balaban J connectivity index is 1.78. The molecule has 0 aromatic carbocycles. The zero-order valence-corrected chi connectivity index (χ0v) is 11.0. The van der Waals surface area contributed by atoms with Crippen LogP contribution >= 0.6 is 0 Å². The van der Waals surface area contributed by atoms with Gasteiger partial charge in [-0.05, 0) is 46.5 Å². The predicted molar refractivity (Wildman–Crippen MR) is 67.2 cm³/mol. The summed E-state index contributed by atoms with van der Waals surface area (Å²) in [6, 6.07) is 0. The van der Waals surface area contributed by atoms with Crippen LogP contribution in [0.4, 0.5) is 0 Å². The molecular weight excluding hydrogens is 199 g/mol. The highest BCUT2D eigenvalue weighted by Crippen LogP contribution is 2.37. The molecule has 1 heterocycles. The molecule has 2 aliphatic rings. The van der Waals surface area contributed by atoms with Crippen molar-refractivity contribution in [1.29, 1.82) is 0 Å². The lowest BCUT2D eigenvalue weighted by Gasteiger charge is -2.32. The van der Waals surface area contributed by atoms with Gasteiger partial charge in [0.1, 0.15) is 0 Å². The van der Waals surface area contributed by atoms with Gasteiger partial charge in [-0.2, -0.15) is 0 Å². The molecule has 0 atom stereocenters. The van der Waals surface area contributed by atoms with Gasteiger partial charge in [0.25, 0.3) is 0 Å². The van der Waals surface area contributed by atoms with Crippen molar-refractivity contribution in [1.82, 2.24) is 0 Å². The summed E-state index contributed by atoms with van der Waals surface area (Å²) in [7, 11) is -0.163. The molecule has 0 aromatic heterocycles. The van der Waals surface area contributed by atoms with Crippen LogP contribution in [-0.2, 0) is 9.31 Å². The molecule has 2 rings (SSSR count). The molecule has 0 aromatic rings. The van der Waals surface area contributed by atoms with E-state index >= 15 is 0 Å². The molecule has 0 N–H and O–H groups in total. The summed E-state index contributed by atoms with van der Waals surface area (Å²) >= 11 is 0. The quantitative estimate of drug-likeness (QED) is 0.679. The Morgan fingerprint density at radius 1 is 1.12 bits per heavy atom. The van der Waals surface area contributed by atoms with Crippen molar-refractivity contribution in [3.05, 3.63) is 12.1 Å². The van der Waals surface area contributed by atoms with Crippen LogP contribution in [0.25, 0.3) is 0 Å². The molecule has 0 bridgehead atoms. The maximum absolute atomic E-state index is 5.88. The standard InChI is InChI=1S/C13H23BO2/c1-12(2)13(3,4)16-14(15-12)10-6-5-7-11-8-9-11/h6,10-11H,5,7-9H2,1-4H3/b10-6+. The van der Waals surface area contributed by atoms with E-state index in [2.05, 4.69) is 39.7 Å². The fourth-order valence-electron chi connectivity index (χ4n) is 1.91. The smallest absolute Gasteiger partial charge is 0.400 e. The lowest BCUT2D eigenvalue weighted by molar-refractivity contribution is 0.00578. The maximum atomic E-state index is 5.88. The maximum Gasteiger partial charge on any atom is 0.486 e. The first-order chi connectivity index (χ1) is 7.41. The van der Waals surface area contributed by atoms with E-state index in [0.29, 0.717) is 0 Å². The SMILES string of the molecule is CC1(C)OB(/C=C/CCC2CC2)OC1(C)C. The van der Waals surface area contributed by atoms with Crippen molar-refractivity contribution in [2.24, 2.45) is 5.92 Å². The fraction of sp³-hybridized carbons (Fsp3) is 0.846. The van der Waals surface area contributed by atoms with Gasteiger partial charge < -0.3 is 9.31 Å². The van der Waals surface area contributed by atoms with Gasteiger partial charge >= 0.3 is 7.12 Å². The Kier molecular flexibility index (Phi) is 3.19. The first-order valence-corrected chi connectivity index (χ1v) is 6.43. The summed E-state index contributed by atoms with van der Waals surface area (Å²) < 4.78 is 11.8. The third-order valence-corrected chi connectivity index (χ3v) is 4.00. The molecule has 0 radical (unpaired) electrons. The Labute approximate surface area is 99.5 Å². The van der Waals surface area contributed by atoms with E-state index in [4.69, 9.17) is 9.31 Å². The number of rotatable bonds is 4. The normalized spacial score (nSPS) is 27.9. The Morgan fingerprint density at radius 2 is 1.69 bits per heavy atom. The molecule has 1 saturated carbocycles. The zero-order valence-electron chi connectivity index (χ0n) is 11.0. The summed E-state index contributed by atoms with van der Waals surface area (Å²) in [4.78, 5) is 0. The van der Waals surface area contributed by atoms with Crippen molar-refractivity contribution in [2.45, 2.75) is 64.6 Å². The van der Waals surface area contributed by atoms with E-state index in [9.17, 15) is 0 Å². The van der Waals surface area contributed by atoms with Crippen LogP contribution in [0, 0.1) is 5.92 Å². The molecule has 1 aliphatic carbocycles.